The summed E-state index contributed by atoms with van der Waals surface area (Å²) in [7, 11) is 1.35. The minimum atomic E-state index is -0.577. The first-order valence-electron chi connectivity index (χ1n) is 5.58. The zero-order valence-electron chi connectivity index (χ0n) is 10.4. The van der Waals surface area contributed by atoms with E-state index in [0.29, 0.717) is 0 Å². The molecular formula is C14H10BrF2NO2. The molecule has 0 spiro atoms. The van der Waals surface area contributed by atoms with Gasteiger partial charge in [0.1, 0.15) is 23.1 Å². The van der Waals surface area contributed by atoms with Crippen LogP contribution in [0.5, 0.6) is 5.75 Å². The highest BCUT2D eigenvalue weighted by atomic mass is 79.9. The maximum atomic E-state index is 14.1. The molecule has 0 bridgehead atoms. The molecular weight excluding hydrogens is 332 g/mol. The van der Waals surface area contributed by atoms with Crippen molar-refractivity contribution in [2.45, 2.75) is 0 Å². The van der Waals surface area contributed by atoms with Crippen LogP contribution in [0.2, 0.25) is 0 Å². The molecule has 0 aliphatic carbocycles. The molecule has 0 aromatic heterocycles. The van der Waals surface area contributed by atoms with Gasteiger partial charge < -0.3 is 9.94 Å². The van der Waals surface area contributed by atoms with E-state index in [1.54, 1.807) is 6.07 Å². The molecule has 20 heavy (non-hydrogen) atoms. The van der Waals surface area contributed by atoms with E-state index >= 15 is 0 Å². The van der Waals surface area contributed by atoms with Crippen LogP contribution in [-0.4, -0.2) is 18.0 Å². The highest BCUT2D eigenvalue weighted by Crippen LogP contribution is 2.26. The Bertz CT molecular complexity index is 674. The van der Waals surface area contributed by atoms with Crippen LogP contribution < -0.4 is 4.74 Å². The second kappa shape index (κ2) is 6.00. The molecule has 0 aliphatic rings. The Labute approximate surface area is 122 Å². The number of ether oxygens (including phenoxy) is 1. The molecule has 6 heteroatoms. The predicted octanol–water partition coefficient (Wildman–Crippen LogP) is 3.96. The van der Waals surface area contributed by atoms with Gasteiger partial charge in [0.05, 0.1) is 11.6 Å². The first-order valence-corrected chi connectivity index (χ1v) is 6.38. The largest absolute Gasteiger partial charge is 0.496 e. The van der Waals surface area contributed by atoms with Gasteiger partial charge in [-0.3, -0.25) is 0 Å². The van der Waals surface area contributed by atoms with E-state index in [1.165, 1.54) is 31.4 Å². The lowest BCUT2D eigenvalue weighted by molar-refractivity contribution is 0.319. The molecule has 2 aromatic rings. The van der Waals surface area contributed by atoms with Crippen LogP contribution in [0.3, 0.4) is 0 Å². The van der Waals surface area contributed by atoms with E-state index in [9.17, 15) is 14.0 Å². The third-order valence-corrected chi connectivity index (χ3v) is 3.34. The van der Waals surface area contributed by atoms with Gasteiger partial charge in [-0.2, -0.15) is 0 Å². The lowest BCUT2D eigenvalue weighted by Gasteiger charge is -2.11. The maximum absolute atomic E-state index is 14.1. The summed E-state index contributed by atoms with van der Waals surface area (Å²) in [6.45, 7) is 0. The third kappa shape index (κ3) is 2.65. The normalized spacial score (nSPS) is 11.5. The van der Waals surface area contributed by atoms with Crippen molar-refractivity contribution < 1.29 is 18.7 Å². The first-order chi connectivity index (χ1) is 9.58. The highest BCUT2D eigenvalue weighted by Gasteiger charge is 2.18. The summed E-state index contributed by atoms with van der Waals surface area (Å²) in [6.07, 6.45) is 0. The number of nitrogens with zero attached hydrogens (tertiary/aromatic N) is 1. The number of methoxy groups -OCH3 is 1. The standard InChI is InChI=1S/C14H10BrF2NO2/c1-20-12-7-8(16)5-6-9(12)14(18-19)10-3-2-4-11(15)13(10)17/h2-7,19H,1H3. The molecule has 0 heterocycles. The Morgan fingerprint density at radius 3 is 2.60 bits per heavy atom. The second-order valence-corrected chi connectivity index (χ2v) is 4.75. The molecule has 0 radical (unpaired) electrons. The maximum Gasteiger partial charge on any atom is 0.146 e. The Hall–Kier alpha value is -1.95. The van der Waals surface area contributed by atoms with Gasteiger partial charge >= 0.3 is 0 Å². The highest BCUT2D eigenvalue weighted by molar-refractivity contribution is 9.10. The second-order valence-electron chi connectivity index (χ2n) is 3.89. The van der Waals surface area contributed by atoms with E-state index in [1.807, 2.05) is 0 Å². The van der Waals surface area contributed by atoms with Crippen molar-refractivity contribution in [3.05, 3.63) is 63.6 Å². The van der Waals surface area contributed by atoms with E-state index < -0.39 is 11.6 Å². The Kier molecular flexibility index (Phi) is 4.34. The van der Waals surface area contributed by atoms with Gasteiger partial charge in [-0.15, -0.1) is 0 Å². The van der Waals surface area contributed by atoms with Gasteiger partial charge in [0, 0.05) is 17.2 Å². The lowest BCUT2D eigenvalue weighted by atomic mass is 10.0. The minimum absolute atomic E-state index is 0.0411. The lowest BCUT2D eigenvalue weighted by Crippen LogP contribution is -2.08. The fraction of sp³-hybridized carbons (Fsp3) is 0.0714. The van der Waals surface area contributed by atoms with Gasteiger partial charge in [0.2, 0.25) is 0 Å². The summed E-state index contributed by atoms with van der Waals surface area (Å²) in [5.41, 5.74) is 0.320. The van der Waals surface area contributed by atoms with Gasteiger partial charge in [-0.1, -0.05) is 11.2 Å². The molecule has 0 saturated heterocycles. The van der Waals surface area contributed by atoms with Crippen molar-refractivity contribution in [1.82, 2.24) is 0 Å². The fourth-order valence-electron chi connectivity index (χ4n) is 1.80. The number of halogens is 3. The number of benzene rings is 2. The van der Waals surface area contributed by atoms with Crippen LogP contribution in [0.25, 0.3) is 0 Å². The molecule has 104 valence electrons. The Morgan fingerprint density at radius 1 is 1.20 bits per heavy atom. The summed E-state index contributed by atoms with van der Waals surface area (Å²) >= 11 is 3.06. The average Bonchev–Trinajstić information content (AvgIpc) is 2.45. The van der Waals surface area contributed by atoms with E-state index in [-0.39, 0.29) is 27.1 Å². The van der Waals surface area contributed by atoms with E-state index in [2.05, 4.69) is 21.1 Å². The van der Waals surface area contributed by atoms with Crippen LogP contribution in [-0.2, 0) is 0 Å². The fourth-order valence-corrected chi connectivity index (χ4v) is 2.17. The van der Waals surface area contributed by atoms with Gasteiger partial charge in [0.25, 0.3) is 0 Å². The number of rotatable bonds is 3. The molecule has 0 amide bonds. The first kappa shape index (κ1) is 14.5. The molecule has 0 fully saturated rings. The summed E-state index contributed by atoms with van der Waals surface area (Å²) < 4.78 is 32.5. The number of oxime groups is 1. The number of hydrogen-bond acceptors (Lipinski definition) is 3. The molecule has 1 N–H and O–H groups in total. The van der Waals surface area contributed by atoms with Crippen molar-refractivity contribution in [1.29, 1.82) is 0 Å². The molecule has 0 saturated carbocycles. The van der Waals surface area contributed by atoms with E-state index in [4.69, 9.17) is 4.74 Å². The Balaban J connectivity index is 2.62. The monoisotopic (exact) mass is 341 g/mol. The van der Waals surface area contributed by atoms with Gasteiger partial charge in [-0.05, 0) is 40.2 Å². The van der Waals surface area contributed by atoms with Crippen LogP contribution in [0.4, 0.5) is 8.78 Å². The average molecular weight is 342 g/mol. The van der Waals surface area contributed by atoms with Crippen molar-refractivity contribution in [2.24, 2.45) is 5.16 Å². The summed E-state index contributed by atoms with van der Waals surface area (Å²) in [5, 5.41) is 12.3. The van der Waals surface area contributed by atoms with Gasteiger partial charge in [-0.25, -0.2) is 8.78 Å². The van der Waals surface area contributed by atoms with Crippen molar-refractivity contribution >= 4 is 21.6 Å². The zero-order valence-corrected chi connectivity index (χ0v) is 12.0. The summed E-state index contributed by atoms with van der Waals surface area (Å²) in [4.78, 5) is 0. The molecule has 2 aromatic carbocycles. The van der Waals surface area contributed by atoms with Crippen molar-refractivity contribution in [3.8, 4) is 5.75 Å². The summed E-state index contributed by atoms with van der Waals surface area (Å²) in [5.74, 6) is -0.929. The van der Waals surface area contributed by atoms with Crippen LogP contribution in [0.1, 0.15) is 11.1 Å². The van der Waals surface area contributed by atoms with E-state index in [0.717, 1.165) is 6.07 Å². The number of hydrogen-bond donors (Lipinski definition) is 1. The third-order valence-electron chi connectivity index (χ3n) is 2.73. The Morgan fingerprint density at radius 2 is 1.95 bits per heavy atom. The SMILES string of the molecule is COc1cc(F)ccc1C(=NO)c1cccc(Br)c1F. The van der Waals surface area contributed by atoms with Crippen LogP contribution in [0.15, 0.2) is 46.0 Å². The van der Waals surface area contributed by atoms with Crippen molar-refractivity contribution in [2.75, 3.05) is 7.11 Å². The zero-order chi connectivity index (χ0) is 14.7. The smallest absolute Gasteiger partial charge is 0.146 e. The van der Waals surface area contributed by atoms with Crippen LogP contribution in [0, 0.1) is 11.6 Å². The molecule has 2 rings (SSSR count). The van der Waals surface area contributed by atoms with Crippen LogP contribution >= 0.6 is 15.9 Å². The minimum Gasteiger partial charge on any atom is -0.496 e. The molecule has 0 unspecified atom stereocenters. The molecule has 0 atom stereocenters. The molecule has 0 aliphatic heterocycles. The topological polar surface area (TPSA) is 41.8 Å². The van der Waals surface area contributed by atoms with Gasteiger partial charge in [0.15, 0.2) is 0 Å². The van der Waals surface area contributed by atoms with Crippen molar-refractivity contribution in [3.63, 3.8) is 0 Å². The quantitative estimate of drug-likeness (QED) is 0.521. The molecule has 3 nitrogen and oxygen atoms in total. The summed E-state index contributed by atoms with van der Waals surface area (Å²) in [6, 6.07) is 8.26. The predicted molar refractivity (Wildman–Crippen MR) is 74.5 cm³/mol.